The van der Waals surface area contributed by atoms with Crippen molar-refractivity contribution in [2.45, 2.75) is 18.9 Å². The second kappa shape index (κ2) is 8.48. The lowest BCUT2D eigenvalue weighted by Crippen LogP contribution is -2.39. The van der Waals surface area contributed by atoms with E-state index in [2.05, 4.69) is 24.8 Å². The molecule has 1 aliphatic heterocycles. The summed E-state index contributed by atoms with van der Waals surface area (Å²) in [7, 11) is 3.17. The molecule has 0 atom stereocenters. The fourth-order valence-corrected chi connectivity index (χ4v) is 3.79. The van der Waals surface area contributed by atoms with Gasteiger partial charge in [-0.2, -0.15) is 0 Å². The van der Waals surface area contributed by atoms with Crippen molar-refractivity contribution in [3.63, 3.8) is 0 Å². The monoisotopic (exact) mass is 395 g/mol. The summed E-state index contributed by atoms with van der Waals surface area (Å²) in [5, 5.41) is 2.94. The third-order valence-corrected chi connectivity index (χ3v) is 5.33. The van der Waals surface area contributed by atoms with Crippen LogP contribution in [0.4, 0.5) is 5.69 Å². The van der Waals surface area contributed by atoms with Crippen LogP contribution in [0, 0.1) is 0 Å². The minimum atomic E-state index is -0.0650. The van der Waals surface area contributed by atoms with Crippen LogP contribution in [0.2, 0.25) is 0 Å². The van der Waals surface area contributed by atoms with Crippen LogP contribution in [-0.4, -0.2) is 59.2 Å². The second-order valence-corrected chi connectivity index (χ2v) is 7.12. The number of piperidine rings is 1. The fourth-order valence-electron chi connectivity index (χ4n) is 3.79. The van der Waals surface area contributed by atoms with Crippen molar-refractivity contribution < 1.29 is 14.3 Å². The highest BCUT2D eigenvalue weighted by molar-refractivity contribution is 5.94. The normalized spacial score (nSPS) is 15.4. The number of amides is 1. The highest BCUT2D eigenvalue weighted by Crippen LogP contribution is 2.29. The van der Waals surface area contributed by atoms with E-state index in [-0.39, 0.29) is 5.91 Å². The van der Waals surface area contributed by atoms with Crippen LogP contribution < -0.4 is 14.8 Å². The topological polar surface area (TPSA) is 81.5 Å². The maximum atomic E-state index is 12.6. The molecule has 3 aromatic rings. The number of anilines is 1. The summed E-state index contributed by atoms with van der Waals surface area (Å²) in [6.07, 6.45) is 5.59. The number of likely N-dealkylation sites (tertiary alicyclic amines) is 1. The van der Waals surface area contributed by atoms with Crippen molar-refractivity contribution in [1.29, 1.82) is 0 Å². The van der Waals surface area contributed by atoms with Crippen molar-refractivity contribution in [3.05, 3.63) is 42.9 Å². The SMILES string of the molecule is COc1ccc(OC)c(NC(=O)CN2CCC(n3cnc4cccnc43)CC2)c1. The maximum Gasteiger partial charge on any atom is 0.238 e. The summed E-state index contributed by atoms with van der Waals surface area (Å²) >= 11 is 0. The van der Waals surface area contributed by atoms with Gasteiger partial charge in [0, 0.05) is 31.4 Å². The Kier molecular flexibility index (Phi) is 5.62. The molecule has 1 fully saturated rings. The second-order valence-electron chi connectivity index (χ2n) is 7.12. The Morgan fingerprint density at radius 1 is 1.17 bits per heavy atom. The van der Waals surface area contributed by atoms with E-state index in [1.165, 1.54) is 0 Å². The fraction of sp³-hybridized carbons (Fsp3) is 0.381. The number of carbonyl (C=O) groups excluding carboxylic acids is 1. The summed E-state index contributed by atoms with van der Waals surface area (Å²) in [6.45, 7) is 2.04. The summed E-state index contributed by atoms with van der Waals surface area (Å²) in [4.78, 5) is 23.6. The lowest BCUT2D eigenvalue weighted by atomic mass is 10.0. The number of methoxy groups -OCH3 is 2. The number of imidazole rings is 1. The molecule has 0 unspecified atom stereocenters. The minimum Gasteiger partial charge on any atom is -0.497 e. The van der Waals surface area contributed by atoms with E-state index in [4.69, 9.17) is 9.47 Å². The van der Waals surface area contributed by atoms with Gasteiger partial charge in [0.1, 0.15) is 17.0 Å². The predicted octanol–water partition coefficient (Wildman–Crippen LogP) is 2.72. The van der Waals surface area contributed by atoms with Crippen molar-refractivity contribution >= 4 is 22.8 Å². The highest BCUT2D eigenvalue weighted by Gasteiger charge is 2.23. The Balaban J connectivity index is 1.34. The molecule has 0 bridgehead atoms. The average Bonchev–Trinajstić information content (AvgIpc) is 3.18. The molecule has 8 heteroatoms. The molecule has 0 spiro atoms. The number of carbonyl (C=O) groups is 1. The predicted molar refractivity (Wildman–Crippen MR) is 110 cm³/mol. The first kappa shape index (κ1) is 19.2. The zero-order valence-electron chi connectivity index (χ0n) is 16.7. The smallest absolute Gasteiger partial charge is 0.238 e. The van der Waals surface area contributed by atoms with Gasteiger partial charge in [-0.05, 0) is 37.1 Å². The number of rotatable bonds is 6. The Bertz CT molecular complexity index is 995. The molecule has 29 heavy (non-hydrogen) atoms. The minimum absolute atomic E-state index is 0.0650. The average molecular weight is 395 g/mol. The summed E-state index contributed by atoms with van der Waals surface area (Å²) in [6, 6.07) is 9.58. The van der Waals surface area contributed by atoms with Gasteiger partial charge in [-0.3, -0.25) is 9.69 Å². The highest BCUT2D eigenvalue weighted by atomic mass is 16.5. The van der Waals surface area contributed by atoms with Gasteiger partial charge in [-0.25, -0.2) is 9.97 Å². The van der Waals surface area contributed by atoms with Crippen LogP contribution in [0.25, 0.3) is 11.2 Å². The summed E-state index contributed by atoms with van der Waals surface area (Å²) < 4.78 is 12.7. The van der Waals surface area contributed by atoms with Gasteiger partial charge in [0.15, 0.2) is 5.65 Å². The van der Waals surface area contributed by atoms with Crippen molar-refractivity contribution in [2.24, 2.45) is 0 Å². The number of nitrogens with zero attached hydrogens (tertiary/aromatic N) is 4. The van der Waals surface area contributed by atoms with Crippen LogP contribution in [0.15, 0.2) is 42.9 Å². The van der Waals surface area contributed by atoms with Crippen LogP contribution in [-0.2, 0) is 4.79 Å². The number of ether oxygens (including phenoxy) is 2. The quantitative estimate of drug-likeness (QED) is 0.691. The first-order valence-corrected chi connectivity index (χ1v) is 9.69. The molecule has 8 nitrogen and oxygen atoms in total. The van der Waals surface area contributed by atoms with Crippen molar-refractivity contribution in [1.82, 2.24) is 19.4 Å². The Morgan fingerprint density at radius 3 is 2.76 bits per heavy atom. The summed E-state index contributed by atoms with van der Waals surface area (Å²) in [5.41, 5.74) is 2.46. The van der Waals surface area contributed by atoms with Gasteiger partial charge >= 0.3 is 0 Å². The maximum absolute atomic E-state index is 12.6. The van der Waals surface area contributed by atoms with Crippen molar-refractivity contribution in [3.8, 4) is 11.5 Å². The van der Waals surface area contributed by atoms with E-state index < -0.39 is 0 Å². The molecule has 0 saturated carbocycles. The first-order chi connectivity index (χ1) is 14.2. The van der Waals surface area contributed by atoms with Crippen molar-refractivity contribution in [2.75, 3.05) is 39.2 Å². The number of nitrogens with one attached hydrogen (secondary N) is 1. The van der Waals surface area contributed by atoms with Crippen LogP contribution in [0.3, 0.4) is 0 Å². The van der Waals surface area contributed by atoms with Gasteiger partial charge in [-0.1, -0.05) is 0 Å². The zero-order valence-corrected chi connectivity index (χ0v) is 16.7. The van der Waals surface area contributed by atoms with E-state index in [1.807, 2.05) is 18.5 Å². The largest absolute Gasteiger partial charge is 0.497 e. The molecule has 152 valence electrons. The number of aromatic nitrogens is 3. The molecular weight excluding hydrogens is 370 g/mol. The van der Waals surface area contributed by atoms with Gasteiger partial charge in [0.05, 0.1) is 32.8 Å². The number of fused-ring (bicyclic) bond motifs is 1. The lowest BCUT2D eigenvalue weighted by molar-refractivity contribution is -0.117. The molecule has 4 rings (SSSR count). The number of hydrogen-bond acceptors (Lipinski definition) is 6. The zero-order chi connectivity index (χ0) is 20.2. The van der Waals surface area contributed by atoms with E-state index in [1.54, 1.807) is 38.6 Å². The lowest BCUT2D eigenvalue weighted by Gasteiger charge is -2.32. The van der Waals surface area contributed by atoms with Gasteiger partial charge < -0.3 is 19.4 Å². The molecule has 1 saturated heterocycles. The van der Waals surface area contributed by atoms with Crippen LogP contribution >= 0.6 is 0 Å². The Morgan fingerprint density at radius 2 is 2.00 bits per heavy atom. The Labute approximate surface area is 169 Å². The molecule has 1 aromatic carbocycles. The van der Waals surface area contributed by atoms with Gasteiger partial charge in [-0.15, -0.1) is 0 Å². The third-order valence-electron chi connectivity index (χ3n) is 5.33. The number of pyridine rings is 1. The Hall–Kier alpha value is -3.13. The molecular formula is C21H25N5O3. The number of benzene rings is 1. The van der Waals surface area contributed by atoms with Crippen LogP contribution in [0.5, 0.6) is 11.5 Å². The first-order valence-electron chi connectivity index (χ1n) is 9.69. The van der Waals surface area contributed by atoms with E-state index in [0.29, 0.717) is 29.8 Å². The molecule has 0 radical (unpaired) electrons. The van der Waals surface area contributed by atoms with E-state index in [9.17, 15) is 4.79 Å². The molecule has 1 N–H and O–H groups in total. The summed E-state index contributed by atoms with van der Waals surface area (Å²) in [5.74, 6) is 1.21. The molecule has 1 amide bonds. The van der Waals surface area contributed by atoms with Crippen LogP contribution in [0.1, 0.15) is 18.9 Å². The van der Waals surface area contributed by atoms with E-state index in [0.717, 1.165) is 37.1 Å². The third kappa shape index (κ3) is 4.17. The molecule has 1 aliphatic rings. The molecule has 3 heterocycles. The molecule has 2 aromatic heterocycles. The van der Waals surface area contributed by atoms with Gasteiger partial charge in [0.25, 0.3) is 0 Å². The van der Waals surface area contributed by atoms with E-state index >= 15 is 0 Å². The number of hydrogen-bond donors (Lipinski definition) is 1. The molecule has 0 aliphatic carbocycles. The standard InChI is InChI=1S/C21H25N5O3/c1-28-16-5-6-19(29-2)18(12-16)24-20(27)13-25-10-7-15(8-11-25)26-14-23-17-4-3-9-22-21(17)26/h3-6,9,12,14-15H,7-8,10-11,13H2,1-2H3,(H,24,27). The van der Waals surface area contributed by atoms with Gasteiger partial charge in [0.2, 0.25) is 5.91 Å².